The second kappa shape index (κ2) is 6.08. The number of nitrogens with zero attached hydrogens (tertiary/aromatic N) is 4. The van der Waals surface area contributed by atoms with Gasteiger partial charge in [-0.3, -0.25) is 9.36 Å². The topological polar surface area (TPSA) is 72.7 Å². The van der Waals surface area contributed by atoms with Gasteiger partial charge in [-0.1, -0.05) is 13.3 Å². The van der Waals surface area contributed by atoms with E-state index in [0.29, 0.717) is 11.4 Å². The summed E-state index contributed by atoms with van der Waals surface area (Å²) in [6.07, 6.45) is 6.70. The maximum atomic E-state index is 11.9. The van der Waals surface area contributed by atoms with Crippen LogP contribution in [0, 0.1) is 0 Å². The summed E-state index contributed by atoms with van der Waals surface area (Å²) >= 11 is 0. The first-order chi connectivity index (χ1) is 9.20. The minimum Gasteiger partial charge on any atom is -0.350 e. The van der Waals surface area contributed by atoms with Crippen LogP contribution in [0.1, 0.15) is 37.0 Å². The third kappa shape index (κ3) is 3.37. The Morgan fingerprint density at radius 2 is 2.11 bits per heavy atom. The van der Waals surface area contributed by atoms with E-state index in [1.165, 1.54) is 0 Å². The van der Waals surface area contributed by atoms with E-state index in [1.54, 1.807) is 35.6 Å². The van der Waals surface area contributed by atoms with Crippen LogP contribution in [0.5, 0.6) is 0 Å². The van der Waals surface area contributed by atoms with Gasteiger partial charge in [0.15, 0.2) is 0 Å². The molecule has 2 aromatic heterocycles. The molecule has 0 saturated carbocycles. The third-order valence-electron chi connectivity index (χ3n) is 2.79. The second-order valence-electron chi connectivity index (χ2n) is 4.44. The van der Waals surface area contributed by atoms with Crippen molar-refractivity contribution in [1.82, 2.24) is 25.1 Å². The number of hydrogen-bond acceptors (Lipinski definition) is 4. The van der Waals surface area contributed by atoms with Gasteiger partial charge in [-0.2, -0.15) is 0 Å². The Bertz CT molecular complexity index is 520. The number of pyridine rings is 1. The molecule has 6 heteroatoms. The minimum absolute atomic E-state index is 0.0937. The molecule has 1 unspecified atom stereocenters. The van der Waals surface area contributed by atoms with Crippen LogP contribution in [0.15, 0.2) is 31.0 Å². The van der Waals surface area contributed by atoms with Crippen LogP contribution < -0.4 is 5.32 Å². The van der Waals surface area contributed by atoms with Gasteiger partial charge < -0.3 is 5.32 Å². The monoisotopic (exact) mass is 259 g/mol. The highest BCUT2D eigenvalue weighted by molar-refractivity contribution is 5.94. The number of aromatic nitrogens is 4. The van der Waals surface area contributed by atoms with Crippen LogP contribution >= 0.6 is 0 Å². The predicted octanol–water partition coefficient (Wildman–Crippen LogP) is 1.58. The summed E-state index contributed by atoms with van der Waals surface area (Å²) in [5.41, 5.74) is 0.555. The highest BCUT2D eigenvalue weighted by atomic mass is 16.1. The van der Waals surface area contributed by atoms with Gasteiger partial charge in [-0.15, -0.1) is 10.2 Å². The van der Waals surface area contributed by atoms with Gasteiger partial charge >= 0.3 is 0 Å². The van der Waals surface area contributed by atoms with Crippen molar-refractivity contribution in [3.8, 4) is 5.82 Å². The zero-order chi connectivity index (χ0) is 13.7. The fraction of sp³-hybridized carbons (Fsp3) is 0.385. The van der Waals surface area contributed by atoms with Crippen LogP contribution in [0.4, 0.5) is 0 Å². The van der Waals surface area contributed by atoms with Crippen molar-refractivity contribution in [2.75, 3.05) is 0 Å². The Kier molecular flexibility index (Phi) is 4.22. The van der Waals surface area contributed by atoms with Crippen LogP contribution in [-0.4, -0.2) is 31.7 Å². The molecule has 100 valence electrons. The van der Waals surface area contributed by atoms with Crippen LogP contribution in [0.3, 0.4) is 0 Å². The van der Waals surface area contributed by atoms with E-state index in [1.807, 2.05) is 6.92 Å². The molecule has 0 aromatic carbocycles. The molecule has 2 heterocycles. The van der Waals surface area contributed by atoms with Crippen molar-refractivity contribution in [3.63, 3.8) is 0 Å². The predicted molar refractivity (Wildman–Crippen MR) is 71.0 cm³/mol. The lowest BCUT2D eigenvalue weighted by Crippen LogP contribution is -2.32. The molecule has 2 rings (SSSR count). The average molecular weight is 259 g/mol. The SMILES string of the molecule is CCCC(C)NC(=O)c1ccc(-n2cnnc2)nc1. The Morgan fingerprint density at radius 1 is 1.37 bits per heavy atom. The Hall–Kier alpha value is -2.24. The smallest absolute Gasteiger partial charge is 0.253 e. The molecule has 0 fully saturated rings. The third-order valence-corrected chi connectivity index (χ3v) is 2.79. The summed E-state index contributed by atoms with van der Waals surface area (Å²) in [4.78, 5) is 16.2. The molecule has 2 aromatic rings. The Labute approximate surface area is 111 Å². The van der Waals surface area contributed by atoms with Crippen molar-refractivity contribution in [2.45, 2.75) is 32.7 Å². The molecule has 0 aliphatic rings. The molecule has 1 atom stereocenters. The first kappa shape index (κ1) is 13.2. The van der Waals surface area contributed by atoms with Crippen LogP contribution in [0.25, 0.3) is 5.82 Å². The lowest BCUT2D eigenvalue weighted by Gasteiger charge is -2.12. The summed E-state index contributed by atoms with van der Waals surface area (Å²) < 4.78 is 1.68. The highest BCUT2D eigenvalue weighted by Gasteiger charge is 2.09. The lowest BCUT2D eigenvalue weighted by molar-refractivity contribution is 0.0938. The van der Waals surface area contributed by atoms with Gasteiger partial charge in [0.1, 0.15) is 18.5 Å². The standard InChI is InChI=1S/C13H17N5O/c1-3-4-10(2)17-13(19)11-5-6-12(14-7-11)18-8-15-16-9-18/h5-10H,3-4H2,1-2H3,(H,17,19). The molecule has 0 radical (unpaired) electrons. The summed E-state index contributed by atoms with van der Waals surface area (Å²) in [5, 5.41) is 10.4. The van der Waals surface area contributed by atoms with Crippen molar-refractivity contribution >= 4 is 5.91 Å². The Balaban J connectivity index is 2.04. The number of hydrogen-bond donors (Lipinski definition) is 1. The van der Waals surface area contributed by atoms with Crippen molar-refractivity contribution < 1.29 is 4.79 Å². The summed E-state index contributed by atoms with van der Waals surface area (Å²) in [7, 11) is 0. The van der Waals surface area contributed by atoms with Gasteiger partial charge in [-0.25, -0.2) is 4.98 Å². The number of rotatable bonds is 5. The summed E-state index contributed by atoms with van der Waals surface area (Å²) in [6, 6.07) is 3.69. The number of amides is 1. The molecule has 19 heavy (non-hydrogen) atoms. The maximum absolute atomic E-state index is 11.9. The van der Waals surface area contributed by atoms with Crippen molar-refractivity contribution in [2.24, 2.45) is 0 Å². The average Bonchev–Trinajstić information content (AvgIpc) is 2.93. The van der Waals surface area contributed by atoms with Crippen molar-refractivity contribution in [1.29, 1.82) is 0 Å². The van der Waals surface area contributed by atoms with Crippen LogP contribution in [0.2, 0.25) is 0 Å². The quantitative estimate of drug-likeness (QED) is 0.884. The molecule has 1 amide bonds. The zero-order valence-electron chi connectivity index (χ0n) is 11.1. The first-order valence-corrected chi connectivity index (χ1v) is 6.32. The normalized spacial score (nSPS) is 12.1. The molecule has 0 bridgehead atoms. The van der Waals surface area contributed by atoms with E-state index >= 15 is 0 Å². The second-order valence-corrected chi connectivity index (χ2v) is 4.44. The largest absolute Gasteiger partial charge is 0.350 e. The van der Waals surface area contributed by atoms with Gasteiger partial charge in [0.25, 0.3) is 5.91 Å². The maximum Gasteiger partial charge on any atom is 0.253 e. The van der Waals surface area contributed by atoms with Gasteiger partial charge in [-0.05, 0) is 25.5 Å². The van der Waals surface area contributed by atoms with E-state index < -0.39 is 0 Å². The Morgan fingerprint density at radius 3 is 2.68 bits per heavy atom. The molecule has 0 aliphatic carbocycles. The van der Waals surface area contributed by atoms with E-state index in [0.717, 1.165) is 12.8 Å². The lowest BCUT2D eigenvalue weighted by atomic mass is 10.2. The molecule has 0 spiro atoms. The zero-order valence-corrected chi connectivity index (χ0v) is 11.1. The summed E-state index contributed by atoms with van der Waals surface area (Å²) in [6.45, 7) is 4.10. The van der Waals surface area contributed by atoms with Crippen LogP contribution in [-0.2, 0) is 0 Å². The fourth-order valence-electron chi connectivity index (χ4n) is 1.80. The molecule has 1 N–H and O–H groups in total. The molecule has 0 saturated heterocycles. The molecular weight excluding hydrogens is 242 g/mol. The number of carbonyl (C=O) groups excluding carboxylic acids is 1. The van der Waals surface area contributed by atoms with Crippen molar-refractivity contribution in [3.05, 3.63) is 36.5 Å². The summed E-state index contributed by atoms with van der Waals surface area (Å²) in [5.74, 6) is 0.590. The number of carbonyl (C=O) groups is 1. The molecule has 0 aliphatic heterocycles. The van der Waals surface area contributed by atoms with Gasteiger partial charge in [0, 0.05) is 12.2 Å². The first-order valence-electron chi connectivity index (χ1n) is 6.32. The van der Waals surface area contributed by atoms with E-state index in [4.69, 9.17) is 0 Å². The van der Waals surface area contributed by atoms with E-state index in [9.17, 15) is 4.79 Å². The van der Waals surface area contributed by atoms with E-state index in [-0.39, 0.29) is 11.9 Å². The van der Waals surface area contributed by atoms with Gasteiger partial charge in [0.05, 0.1) is 5.56 Å². The van der Waals surface area contributed by atoms with Gasteiger partial charge in [0.2, 0.25) is 0 Å². The fourth-order valence-corrected chi connectivity index (χ4v) is 1.80. The highest BCUT2D eigenvalue weighted by Crippen LogP contribution is 2.05. The number of nitrogens with one attached hydrogen (secondary N) is 1. The molecule has 6 nitrogen and oxygen atoms in total. The minimum atomic E-state index is -0.0937. The molecular formula is C13H17N5O. The van der Waals surface area contributed by atoms with E-state index in [2.05, 4.69) is 27.4 Å².